The van der Waals surface area contributed by atoms with Gasteiger partial charge in [0.2, 0.25) is 0 Å². The van der Waals surface area contributed by atoms with Gasteiger partial charge in [-0.05, 0) is 50.5 Å². The lowest BCUT2D eigenvalue weighted by Gasteiger charge is -2.25. The number of halogens is 1. The van der Waals surface area contributed by atoms with Crippen molar-refractivity contribution in [1.29, 1.82) is 0 Å². The molecule has 120 valence electrons. The standard InChI is InChI=1S/C18H31BrN2/c1-5-12-20-18(16-9-7-8-10-17(16)19)11-13-21(4)14-15(3)6-2/h7-10,15,18,20H,5-6,11-14H2,1-4H3. The predicted molar refractivity (Wildman–Crippen MR) is 96.7 cm³/mol. The Morgan fingerprint density at radius 1 is 1.24 bits per heavy atom. The molecule has 0 amide bonds. The van der Waals surface area contributed by atoms with E-state index in [9.17, 15) is 0 Å². The molecule has 0 aliphatic rings. The fraction of sp³-hybridized carbons (Fsp3) is 0.667. The summed E-state index contributed by atoms with van der Waals surface area (Å²) >= 11 is 3.69. The van der Waals surface area contributed by atoms with Crippen LogP contribution in [0.15, 0.2) is 28.7 Å². The highest BCUT2D eigenvalue weighted by Crippen LogP contribution is 2.25. The first kappa shape index (κ1) is 18.7. The van der Waals surface area contributed by atoms with Crippen molar-refractivity contribution in [3.8, 4) is 0 Å². The number of benzene rings is 1. The van der Waals surface area contributed by atoms with Crippen LogP contribution < -0.4 is 5.32 Å². The summed E-state index contributed by atoms with van der Waals surface area (Å²) < 4.78 is 1.21. The van der Waals surface area contributed by atoms with E-state index in [1.807, 2.05) is 0 Å². The van der Waals surface area contributed by atoms with Gasteiger partial charge in [-0.1, -0.05) is 61.3 Å². The molecule has 0 aliphatic heterocycles. The highest BCUT2D eigenvalue weighted by molar-refractivity contribution is 9.10. The molecule has 0 radical (unpaired) electrons. The summed E-state index contributed by atoms with van der Waals surface area (Å²) in [6, 6.07) is 9.01. The van der Waals surface area contributed by atoms with Crippen molar-refractivity contribution in [1.82, 2.24) is 10.2 Å². The lowest BCUT2D eigenvalue weighted by molar-refractivity contribution is 0.265. The number of nitrogens with zero attached hydrogens (tertiary/aromatic N) is 1. The molecule has 0 aliphatic carbocycles. The van der Waals surface area contributed by atoms with Gasteiger partial charge in [0.1, 0.15) is 0 Å². The molecule has 0 bridgehead atoms. The van der Waals surface area contributed by atoms with Gasteiger partial charge >= 0.3 is 0 Å². The molecular formula is C18H31BrN2. The largest absolute Gasteiger partial charge is 0.310 e. The van der Waals surface area contributed by atoms with Crippen molar-refractivity contribution >= 4 is 15.9 Å². The first-order valence-corrected chi connectivity index (χ1v) is 9.04. The Kier molecular flexibility index (Phi) is 9.21. The molecular weight excluding hydrogens is 324 g/mol. The van der Waals surface area contributed by atoms with Crippen molar-refractivity contribution in [3.63, 3.8) is 0 Å². The molecule has 1 N–H and O–H groups in total. The molecule has 21 heavy (non-hydrogen) atoms. The zero-order chi connectivity index (χ0) is 15.7. The Bertz CT molecular complexity index is 395. The number of hydrogen-bond donors (Lipinski definition) is 1. The van der Waals surface area contributed by atoms with Crippen LogP contribution in [0.4, 0.5) is 0 Å². The Hall–Kier alpha value is -0.380. The lowest BCUT2D eigenvalue weighted by atomic mass is 10.0. The molecule has 0 saturated carbocycles. The first-order chi connectivity index (χ1) is 10.1. The van der Waals surface area contributed by atoms with Gasteiger partial charge in [-0.2, -0.15) is 0 Å². The Labute approximate surface area is 139 Å². The van der Waals surface area contributed by atoms with Crippen LogP contribution >= 0.6 is 15.9 Å². The van der Waals surface area contributed by atoms with Gasteiger partial charge in [0, 0.05) is 17.1 Å². The fourth-order valence-corrected chi connectivity index (χ4v) is 3.11. The van der Waals surface area contributed by atoms with Crippen LogP contribution in [-0.2, 0) is 0 Å². The topological polar surface area (TPSA) is 15.3 Å². The van der Waals surface area contributed by atoms with E-state index in [0.29, 0.717) is 6.04 Å². The van der Waals surface area contributed by atoms with Gasteiger partial charge in [0.25, 0.3) is 0 Å². The Balaban J connectivity index is 2.60. The van der Waals surface area contributed by atoms with Crippen molar-refractivity contribution in [2.75, 3.05) is 26.7 Å². The van der Waals surface area contributed by atoms with Crippen LogP contribution in [0, 0.1) is 5.92 Å². The molecule has 1 aromatic carbocycles. The van der Waals surface area contributed by atoms with Gasteiger partial charge in [-0.15, -0.1) is 0 Å². The van der Waals surface area contributed by atoms with Crippen LogP contribution in [0.1, 0.15) is 51.6 Å². The maximum absolute atomic E-state index is 3.69. The van der Waals surface area contributed by atoms with Crippen molar-refractivity contribution in [3.05, 3.63) is 34.3 Å². The molecule has 0 saturated heterocycles. The second kappa shape index (κ2) is 10.4. The monoisotopic (exact) mass is 354 g/mol. The van der Waals surface area contributed by atoms with E-state index < -0.39 is 0 Å². The highest BCUT2D eigenvalue weighted by atomic mass is 79.9. The molecule has 0 heterocycles. The number of nitrogens with one attached hydrogen (secondary N) is 1. The van der Waals surface area contributed by atoms with Gasteiger partial charge in [-0.3, -0.25) is 0 Å². The molecule has 2 nitrogen and oxygen atoms in total. The first-order valence-electron chi connectivity index (χ1n) is 8.24. The summed E-state index contributed by atoms with van der Waals surface area (Å²) in [5, 5.41) is 3.69. The Morgan fingerprint density at radius 2 is 1.95 bits per heavy atom. The van der Waals surface area contributed by atoms with Crippen LogP contribution in [0.2, 0.25) is 0 Å². The zero-order valence-electron chi connectivity index (χ0n) is 14.0. The fourth-order valence-electron chi connectivity index (χ4n) is 2.55. The predicted octanol–water partition coefficient (Wildman–Crippen LogP) is 4.86. The summed E-state index contributed by atoms with van der Waals surface area (Å²) in [6.45, 7) is 10.2. The average Bonchev–Trinajstić information content (AvgIpc) is 2.48. The maximum Gasteiger partial charge on any atom is 0.0343 e. The minimum absolute atomic E-state index is 0.430. The minimum Gasteiger partial charge on any atom is -0.310 e. The van der Waals surface area contributed by atoms with Gasteiger partial charge < -0.3 is 10.2 Å². The van der Waals surface area contributed by atoms with E-state index in [0.717, 1.165) is 25.4 Å². The minimum atomic E-state index is 0.430. The van der Waals surface area contributed by atoms with Gasteiger partial charge in [-0.25, -0.2) is 0 Å². The normalized spacial score (nSPS) is 14.4. The summed E-state index contributed by atoms with van der Waals surface area (Å²) in [5.74, 6) is 0.778. The maximum atomic E-state index is 3.69. The third-order valence-electron chi connectivity index (χ3n) is 4.04. The van der Waals surface area contributed by atoms with E-state index in [-0.39, 0.29) is 0 Å². The molecule has 0 spiro atoms. The lowest BCUT2D eigenvalue weighted by Crippen LogP contribution is -2.30. The molecule has 2 atom stereocenters. The summed E-state index contributed by atoms with van der Waals surface area (Å²) in [7, 11) is 2.24. The number of rotatable bonds is 10. The van der Waals surface area contributed by atoms with Crippen LogP contribution in [0.25, 0.3) is 0 Å². The zero-order valence-corrected chi connectivity index (χ0v) is 15.6. The average molecular weight is 355 g/mol. The summed E-state index contributed by atoms with van der Waals surface area (Å²) in [5.41, 5.74) is 1.38. The van der Waals surface area contributed by atoms with E-state index in [1.165, 1.54) is 29.4 Å². The van der Waals surface area contributed by atoms with E-state index in [4.69, 9.17) is 0 Å². The second-order valence-electron chi connectivity index (χ2n) is 6.09. The highest BCUT2D eigenvalue weighted by Gasteiger charge is 2.14. The van der Waals surface area contributed by atoms with Gasteiger partial charge in [0.05, 0.1) is 0 Å². The third kappa shape index (κ3) is 6.94. The van der Waals surface area contributed by atoms with E-state index in [2.05, 4.69) is 78.2 Å². The molecule has 3 heteroatoms. The quantitative estimate of drug-likeness (QED) is 0.645. The molecule has 2 unspecified atom stereocenters. The number of hydrogen-bond acceptors (Lipinski definition) is 2. The van der Waals surface area contributed by atoms with Crippen LogP contribution in [0.5, 0.6) is 0 Å². The second-order valence-corrected chi connectivity index (χ2v) is 6.95. The summed E-state index contributed by atoms with van der Waals surface area (Å²) in [4.78, 5) is 2.46. The van der Waals surface area contributed by atoms with Gasteiger partial charge in [0.15, 0.2) is 0 Å². The molecule has 0 fully saturated rings. The van der Waals surface area contributed by atoms with Crippen molar-refractivity contribution in [2.45, 2.75) is 46.1 Å². The SMILES string of the molecule is CCCNC(CCN(C)CC(C)CC)c1ccccc1Br. The molecule has 0 aromatic heterocycles. The molecule has 1 rings (SSSR count). The Morgan fingerprint density at radius 3 is 2.57 bits per heavy atom. The van der Waals surface area contributed by atoms with Crippen LogP contribution in [0.3, 0.4) is 0 Å². The summed E-state index contributed by atoms with van der Waals surface area (Å²) in [6.07, 6.45) is 3.57. The van der Waals surface area contributed by atoms with E-state index >= 15 is 0 Å². The smallest absolute Gasteiger partial charge is 0.0343 e. The van der Waals surface area contributed by atoms with Crippen LogP contribution in [-0.4, -0.2) is 31.6 Å². The van der Waals surface area contributed by atoms with Crippen molar-refractivity contribution < 1.29 is 0 Å². The van der Waals surface area contributed by atoms with Crippen molar-refractivity contribution in [2.24, 2.45) is 5.92 Å². The third-order valence-corrected chi connectivity index (χ3v) is 4.76. The van der Waals surface area contributed by atoms with E-state index in [1.54, 1.807) is 0 Å². The molecule has 1 aromatic rings.